The van der Waals surface area contributed by atoms with Crippen molar-refractivity contribution in [2.24, 2.45) is 0 Å². The van der Waals surface area contributed by atoms with Crippen LogP contribution < -0.4 is 9.47 Å². The van der Waals surface area contributed by atoms with Gasteiger partial charge < -0.3 is 14.6 Å². The van der Waals surface area contributed by atoms with Gasteiger partial charge in [0.1, 0.15) is 0 Å². The monoisotopic (exact) mass is 424 g/mol. The van der Waals surface area contributed by atoms with E-state index in [-0.39, 0.29) is 0 Å². The van der Waals surface area contributed by atoms with Crippen LogP contribution in [-0.2, 0) is 4.79 Å². The topological polar surface area (TPSA) is 72.8 Å². The maximum atomic E-state index is 12.2. The van der Waals surface area contributed by atoms with Crippen LogP contribution in [0.1, 0.15) is 15.9 Å². The molecule has 2 aromatic carbocycles. The van der Waals surface area contributed by atoms with Crippen molar-refractivity contribution in [3.63, 3.8) is 0 Å². The summed E-state index contributed by atoms with van der Waals surface area (Å²) in [5, 5.41) is 8.68. The van der Waals surface area contributed by atoms with Gasteiger partial charge in [0.25, 0.3) is 0 Å². The molecule has 0 aliphatic heterocycles. The molecule has 0 atom stereocenters. The van der Waals surface area contributed by atoms with E-state index in [4.69, 9.17) is 14.6 Å². The van der Waals surface area contributed by atoms with Gasteiger partial charge in [-0.25, -0.2) is 9.59 Å². The van der Waals surface area contributed by atoms with Gasteiger partial charge in [-0.1, -0.05) is 18.2 Å². The number of hydrogen-bond acceptors (Lipinski definition) is 4. The Morgan fingerprint density at radius 3 is 2.48 bits per heavy atom. The first-order chi connectivity index (χ1) is 11.0. The first-order valence-corrected chi connectivity index (χ1v) is 7.65. The van der Waals surface area contributed by atoms with Crippen molar-refractivity contribution in [1.29, 1.82) is 0 Å². The Hall–Kier alpha value is -2.35. The third-order valence-electron chi connectivity index (χ3n) is 2.87. The minimum absolute atomic E-state index is 0.300. The largest absolute Gasteiger partial charge is 0.493 e. The Bertz CT molecular complexity index is 753. The van der Waals surface area contributed by atoms with Crippen LogP contribution in [0.2, 0.25) is 0 Å². The zero-order valence-corrected chi connectivity index (χ0v) is 14.3. The Morgan fingerprint density at radius 1 is 1.17 bits per heavy atom. The van der Waals surface area contributed by atoms with E-state index in [2.05, 4.69) is 0 Å². The van der Waals surface area contributed by atoms with Crippen molar-refractivity contribution in [1.82, 2.24) is 0 Å². The molecule has 2 rings (SSSR count). The summed E-state index contributed by atoms with van der Waals surface area (Å²) >= 11 is 2.01. The van der Waals surface area contributed by atoms with E-state index in [0.717, 1.165) is 6.08 Å². The fourth-order valence-electron chi connectivity index (χ4n) is 1.83. The van der Waals surface area contributed by atoms with Gasteiger partial charge in [-0.3, -0.25) is 0 Å². The van der Waals surface area contributed by atoms with Crippen LogP contribution in [0, 0.1) is 3.57 Å². The van der Waals surface area contributed by atoms with E-state index in [1.165, 1.54) is 13.2 Å². The maximum absolute atomic E-state index is 12.2. The fraction of sp³-hybridized carbons (Fsp3) is 0.0588. The SMILES string of the molecule is COc1cc(/C=C/C(=O)O)cc(I)c1OC(=O)c1ccccc1. The van der Waals surface area contributed by atoms with Crippen molar-refractivity contribution in [2.45, 2.75) is 0 Å². The third-order valence-corrected chi connectivity index (χ3v) is 3.68. The number of carboxylic acid groups (broad SMARTS) is 1. The number of methoxy groups -OCH3 is 1. The van der Waals surface area contributed by atoms with Crippen LogP contribution in [0.3, 0.4) is 0 Å². The van der Waals surface area contributed by atoms with E-state index in [1.54, 1.807) is 36.4 Å². The highest BCUT2D eigenvalue weighted by Gasteiger charge is 2.16. The standard InChI is InChI=1S/C17H13IO5/c1-22-14-10-11(7-8-15(19)20)9-13(18)16(14)23-17(21)12-5-3-2-4-6-12/h2-10H,1H3,(H,19,20)/b8-7+. The first-order valence-electron chi connectivity index (χ1n) is 6.57. The molecule has 0 aromatic heterocycles. The van der Waals surface area contributed by atoms with E-state index in [1.807, 2.05) is 28.7 Å². The van der Waals surface area contributed by atoms with Gasteiger partial charge in [0.2, 0.25) is 0 Å². The summed E-state index contributed by atoms with van der Waals surface area (Å²) in [6, 6.07) is 11.9. The van der Waals surface area contributed by atoms with Crippen LogP contribution in [0.4, 0.5) is 0 Å². The highest BCUT2D eigenvalue weighted by molar-refractivity contribution is 14.1. The van der Waals surface area contributed by atoms with Crippen molar-refractivity contribution in [2.75, 3.05) is 7.11 Å². The number of carbonyl (C=O) groups excluding carboxylic acids is 1. The third kappa shape index (κ3) is 4.56. The number of carbonyl (C=O) groups is 2. The summed E-state index contributed by atoms with van der Waals surface area (Å²) in [6.45, 7) is 0. The summed E-state index contributed by atoms with van der Waals surface area (Å²) in [5.74, 6) is -0.880. The molecule has 0 heterocycles. The summed E-state index contributed by atoms with van der Waals surface area (Å²) < 4.78 is 11.3. The number of ether oxygens (including phenoxy) is 2. The lowest BCUT2D eigenvalue weighted by Crippen LogP contribution is -2.10. The van der Waals surface area contributed by atoms with Crippen molar-refractivity contribution in [3.05, 3.63) is 63.2 Å². The van der Waals surface area contributed by atoms with Crippen molar-refractivity contribution in [3.8, 4) is 11.5 Å². The Balaban J connectivity index is 2.31. The number of hydrogen-bond donors (Lipinski definition) is 1. The lowest BCUT2D eigenvalue weighted by Gasteiger charge is -2.12. The van der Waals surface area contributed by atoms with Gasteiger partial charge in [0.15, 0.2) is 11.5 Å². The van der Waals surface area contributed by atoms with Gasteiger partial charge in [0.05, 0.1) is 16.2 Å². The second-order valence-electron chi connectivity index (χ2n) is 4.46. The number of halogens is 1. The van der Waals surface area contributed by atoms with E-state index in [9.17, 15) is 9.59 Å². The molecule has 0 fully saturated rings. The molecule has 0 unspecified atom stereocenters. The molecule has 5 nitrogen and oxygen atoms in total. The van der Waals surface area contributed by atoms with Crippen LogP contribution in [-0.4, -0.2) is 24.2 Å². The summed E-state index contributed by atoms with van der Waals surface area (Å²) in [5.41, 5.74) is 1.06. The Morgan fingerprint density at radius 2 is 1.87 bits per heavy atom. The number of carboxylic acids is 1. The van der Waals surface area contributed by atoms with E-state index in [0.29, 0.717) is 26.2 Å². The lowest BCUT2D eigenvalue weighted by molar-refractivity contribution is -0.131. The average molecular weight is 424 g/mol. The molecule has 0 amide bonds. The van der Waals surface area contributed by atoms with Crippen LogP contribution in [0.15, 0.2) is 48.5 Å². The van der Waals surface area contributed by atoms with Crippen molar-refractivity contribution >= 4 is 40.6 Å². The van der Waals surface area contributed by atoms with Gasteiger partial charge in [-0.15, -0.1) is 0 Å². The summed E-state index contributed by atoms with van der Waals surface area (Å²) in [7, 11) is 1.45. The maximum Gasteiger partial charge on any atom is 0.343 e. The van der Waals surface area contributed by atoms with Gasteiger partial charge in [-0.2, -0.15) is 0 Å². The van der Waals surface area contributed by atoms with Crippen LogP contribution in [0.25, 0.3) is 6.08 Å². The van der Waals surface area contributed by atoms with Crippen LogP contribution >= 0.6 is 22.6 Å². The average Bonchev–Trinajstić information content (AvgIpc) is 2.55. The highest BCUT2D eigenvalue weighted by atomic mass is 127. The molecular weight excluding hydrogens is 411 g/mol. The second kappa shape index (κ2) is 7.77. The predicted octanol–water partition coefficient (Wildman–Crippen LogP) is 3.62. The Labute approximate surface area is 146 Å². The quantitative estimate of drug-likeness (QED) is 0.344. The minimum Gasteiger partial charge on any atom is -0.493 e. The molecule has 0 saturated heterocycles. The summed E-state index contributed by atoms with van der Waals surface area (Å²) in [6.07, 6.45) is 2.47. The molecule has 0 spiro atoms. The second-order valence-corrected chi connectivity index (χ2v) is 5.62. The molecule has 118 valence electrons. The fourth-order valence-corrected chi connectivity index (χ4v) is 2.56. The van der Waals surface area contributed by atoms with Gasteiger partial charge in [-0.05, 0) is 58.5 Å². The molecule has 0 aliphatic rings. The number of benzene rings is 2. The summed E-state index contributed by atoms with van der Waals surface area (Å²) in [4.78, 5) is 22.8. The highest BCUT2D eigenvalue weighted by Crippen LogP contribution is 2.34. The minimum atomic E-state index is -1.04. The van der Waals surface area contributed by atoms with Gasteiger partial charge in [0, 0.05) is 6.08 Å². The molecular formula is C17H13IO5. The number of aliphatic carboxylic acids is 1. The predicted molar refractivity (Wildman–Crippen MR) is 93.8 cm³/mol. The number of rotatable bonds is 5. The zero-order chi connectivity index (χ0) is 16.8. The first kappa shape index (κ1) is 17.0. The Kier molecular flexibility index (Phi) is 5.75. The molecule has 0 bridgehead atoms. The van der Waals surface area contributed by atoms with Crippen molar-refractivity contribution < 1.29 is 24.2 Å². The van der Waals surface area contributed by atoms with Gasteiger partial charge >= 0.3 is 11.9 Å². The van der Waals surface area contributed by atoms with E-state index < -0.39 is 11.9 Å². The molecule has 6 heteroatoms. The molecule has 2 aromatic rings. The smallest absolute Gasteiger partial charge is 0.343 e. The normalized spacial score (nSPS) is 10.5. The van der Waals surface area contributed by atoms with Crippen LogP contribution in [0.5, 0.6) is 11.5 Å². The lowest BCUT2D eigenvalue weighted by atomic mass is 10.2. The molecule has 1 N–H and O–H groups in total. The molecule has 0 radical (unpaired) electrons. The molecule has 23 heavy (non-hydrogen) atoms. The molecule has 0 saturated carbocycles. The molecule has 0 aliphatic carbocycles. The van der Waals surface area contributed by atoms with E-state index >= 15 is 0 Å². The number of esters is 1. The zero-order valence-electron chi connectivity index (χ0n) is 12.2.